The highest BCUT2D eigenvalue weighted by atomic mass is 16.4. The van der Waals surface area contributed by atoms with Crippen molar-refractivity contribution in [2.45, 2.75) is 13.0 Å². The van der Waals surface area contributed by atoms with E-state index in [9.17, 15) is 9.59 Å². The second kappa shape index (κ2) is 5.85. The lowest BCUT2D eigenvalue weighted by Gasteiger charge is -2.03. The zero-order valence-electron chi connectivity index (χ0n) is 10.1. The minimum atomic E-state index is -1.12. The molecule has 0 saturated heterocycles. The Morgan fingerprint density at radius 3 is 2.95 bits per heavy atom. The van der Waals surface area contributed by atoms with E-state index in [1.807, 2.05) is 12.3 Å². The van der Waals surface area contributed by atoms with Crippen LogP contribution in [0.4, 0.5) is 0 Å². The standard InChI is InChI=1S/C12H13N3O4/c16-11(10-7-9(8-19-10)12(17)18)13-3-1-5-15-6-2-4-14-15/h2,4,6-8H,1,3,5H2,(H,13,16)(H,17,18). The summed E-state index contributed by atoms with van der Waals surface area (Å²) in [5, 5.41) is 15.4. The molecule has 100 valence electrons. The van der Waals surface area contributed by atoms with Crippen LogP contribution in [0.1, 0.15) is 27.3 Å². The zero-order valence-corrected chi connectivity index (χ0v) is 10.1. The second-order valence-electron chi connectivity index (χ2n) is 3.88. The lowest BCUT2D eigenvalue weighted by molar-refractivity contribution is 0.0696. The van der Waals surface area contributed by atoms with Gasteiger partial charge in [-0.25, -0.2) is 4.79 Å². The molecule has 0 aliphatic rings. The number of carboxylic acid groups (broad SMARTS) is 1. The number of carboxylic acids is 1. The van der Waals surface area contributed by atoms with Crippen molar-refractivity contribution in [2.75, 3.05) is 6.54 Å². The van der Waals surface area contributed by atoms with Crippen LogP contribution in [0.5, 0.6) is 0 Å². The van der Waals surface area contributed by atoms with Crippen LogP contribution in [0, 0.1) is 0 Å². The summed E-state index contributed by atoms with van der Waals surface area (Å²) in [6, 6.07) is 3.03. The van der Waals surface area contributed by atoms with Gasteiger partial charge in [0, 0.05) is 31.5 Å². The number of aryl methyl sites for hydroxylation is 1. The average Bonchev–Trinajstić information content (AvgIpc) is 3.05. The maximum atomic E-state index is 11.6. The quantitative estimate of drug-likeness (QED) is 0.757. The van der Waals surface area contributed by atoms with Gasteiger partial charge in [0.1, 0.15) is 6.26 Å². The Morgan fingerprint density at radius 1 is 1.47 bits per heavy atom. The highest BCUT2D eigenvalue weighted by Crippen LogP contribution is 2.07. The van der Waals surface area contributed by atoms with Gasteiger partial charge < -0.3 is 14.8 Å². The topological polar surface area (TPSA) is 97.4 Å². The first-order valence-electron chi connectivity index (χ1n) is 5.74. The second-order valence-corrected chi connectivity index (χ2v) is 3.88. The van der Waals surface area contributed by atoms with Crippen molar-refractivity contribution in [3.05, 3.63) is 42.1 Å². The van der Waals surface area contributed by atoms with Crippen LogP contribution in [0.25, 0.3) is 0 Å². The van der Waals surface area contributed by atoms with Crippen molar-refractivity contribution >= 4 is 11.9 Å². The Labute approximate surface area is 108 Å². The molecule has 0 aromatic carbocycles. The van der Waals surface area contributed by atoms with Crippen LogP contribution in [-0.4, -0.2) is 33.3 Å². The molecule has 0 atom stereocenters. The fourth-order valence-corrected chi connectivity index (χ4v) is 1.53. The Hall–Kier alpha value is -2.57. The van der Waals surface area contributed by atoms with Crippen LogP contribution < -0.4 is 5.32 Å². The summed E-state index contributed by atoms with van der Waals surface area (Å²) < 4.78 is 6.65. The Morgan fingerprint density at radius 2 is 2.32 bits per heavy atom. The number of nitrogens with zero attached hydrogens (tertiary/aromatic N) is 2. The van der Waals surface area contributed by atoms with Crippen molar-refractivity contribution in [3.63, 3.8) is 0 Å². The smallest absolute Gasteiger partial charge is 0.338 e. The molecule has 0 radical (unpaired) electrons. The first-order chi connectivity index (χ1) is 9.16. The minimum Gasteiger partial charge on any atom is -0.478 e. The molecule has 2 heterocycles. The van der Waals surface area contributed by atoms with Gasteiger partial charge >= 0.3 is 5.97 Å². The van der Waals surface area contributed by atoms with E-state index < -0.39 is 11.9 Å². The maximum absolute atomic E-state index is 11.6. The number of rotatable bonds is 6. The first-order valence-corrected chi connectivity index (χ1v) is 5.74. The van der Waals surface area contributed by atoms with Crippen LogP contribution in [0.15, 0.2) is 35.2 Å². The zero-order chi connectivity index (χ0) is 13.7. The maximum Gasteiger partial charge on any atom is 0.338 e. The van der Waals surface area contributed by atoms with Gasteiger partial charge in [-0.05, 0) is 12.5 Å². The summed E-state index contributed by atoms with van der Waals surface area (Å²) in [6.45, 7) is 1.16. The molecule has 2 rings (SSSR count). The van der Waals surface area contributed by atoms with Crippen LogP contribution >= 0.6 is 0 Å². The van der Waals surface area contributed by atoms with Crippen molar-refractivity contribution in [1.29, 1.82) is 0 Å². The summed E-state index contributed by atoms with van der Waals surface area (Å²) >= 11 is 0. The summed E-state index contributed by atoms with van der Waals surface area (Å²) in [4.78, 5) is 22.2. The highest BCUT2D eigenvalue weighted by molar-refractivity contribution is 5.95. The van der Waals surface area contributed by atoms with E-state index in [1.54, 1.807) is 10.9 Å². The number of carbonyl (C=O) groups is 2. The molecule has 2 N–H and O–H groups in total. The first kappa shape index (κ1) is 12.9. The number of aromatic carboxylic acids is 1. The number of furan rings is 1. The van der Waals surface area contributed by atoms with Crippen molar-refractivity contribution in [2.24, 2.45) is 0 Å². The molecular formula is C12H13N3O4. The minimum absolute atomic E-state index is 0.00325. The predicted octanol–water partition coefficient (Wildman–Crippen LogP) is 0.994. The fourth-order valence-electron chi connectivity index (χ4n) is 1.53. The molecule has 0 fully saturated rings. The van der Waals surface area contributed by atoms with Crippen molar-refractivity contribution in [1.82, 2.24) is 15.1 Å². The molecule has 2 aromatic heterocycles. The molecule has 0 saturated carbocycles. The van der Waals surface area contributed by atoms with Gasteiger partial charge in [0.25, 0.3) is 5.91 Å². The van der Waals surface area contributed by atoms with E-state index in [-0.39, 0.29) is 11.3 Å². The van der Waals surface area contributed by atoms with Crippen molar-refractivity contribution < 1.29 is 19.1 Å². The van der Waals surface area contributed by atoms with Gasteiger partial charge in [0.15, 0.2) is 5.76 Å². The van der Waals surface area contributed by atoms with E-state index >= 15 is 0 Å². The summed E-state index contributed by atoms with van der Waals surface area (Å²) in [7, 11) is 0. The van der Waals surface area contributed by atoms with Gasteiger partial charge in [0.05, 0.1) is 5.56 Å². The lowest BCUT2D eigenvalue weighted by Crippen LogP contribution is -2.24. The largest absolute Gasteiger partial charge is 0.478 e. The van der Waals surface area contributed by atoms with E-state index in [0.717, 1.165) is 12.7 Å². The normalized spacial score (nSPS) is 10.3. The highest BCUT2D eigenvalue weighted by Gasteiger charge is 2.13. The number of nitrogens with one attached hydrogen (secondary N) is 1. The van der Waals surface area contributed by atoms with Gasteiger partial charge in [-0.15, -0.1) is 0 Å². The summed E-state index contributed by atoms with van der Waals surface area (Å²) in [6.07, 6.45) is 5.29. The van der Waals surface area contributed by atoms with E-state index in [4.69, 9.17) is 9.52 Å². The fraction of sp³-hybridized carbons (Fsp3) is 0.250. The van der Waals surface area contributed by atoms with E-state index in [0.29, 0.717) is 13.1 Å². The molecule has 0 bridgehead atoms. The van der Waals surface area contributed by atoms with Crippen LogP contribution in [0.2, 0.25) is 0 Å². The van der Waals surface area contributed by atoms with E-state index in [1.165, 1.54) is 6.07 Å². The van der Waals surface area contributed by atoms with Gasteiger partial charge in [0.2, 0.25) is 0 Å². The molecule has 19 heavy (non-hydrogen) atoms. The third kappa shape index (κ3) is 3.44. The molecule has 0 aliphatic heterocycles. The summed E-state index contributed by atoms with van der Waals surface area (Å²) in [5.74, 6) is -1.55. The molecule has 2 aromatic rings. The third-order valence-electron chi connectivity index (χ3n) is 2.48. The monoisotopic (exact) mass is 263 g/mol. The average molecular weight is 263 g/mol. The Kier molecular flexibility index (Phi) is 3.97. The molecule has 7 nitrogen and oxygen atoms in total. The predicted molar refractivity (Wildman–Crippen MR) is 64.8 cm³/mol. The Bertz CT molecular complexity index is 559. The molecule has 0 aliphatic carbocycles. The van der Waals surface area contributed by atoms with Gasteiger partial charge in [-0.1, -0.05) is 0 Å². The Balaban J connectivity index is 1.76. The van der Waals surface area contributed by atoms with E-state index in [2.05, 4.69) is 10.4 Å². The number of hydrogen-bond donors (Lipinski definition) is 2. The lowest BCUT2D eigenvalue weighted by atomic mass is 10.3. The number of carbonyl (C=O) groups excluding carboxylic acids is 1. The number of hydrogen-bond acceptors (Lipinski definition) is 4. The molecular weight excluding hydrogens is 250 g/mol. The number of aromatic nitrogens is 2. The molecule has 7 heteroatoms. The SMILES string of the molecule is O=C(O)c1coc(C(=O)NCCCn2cccn2)c1. The van der Waals surface area contributed by atoms with Crippen molar-refractivity contribution in [3.8, 4) is 0 Å². The van der Waals surface area contributed by atoms with Crippen LogP contribution in [-0.2, 0) is 6.54 Å². The third-order valence-corrected chi connectivity index (χ3v) is 2.48. The van der Waals surface area contributed by atoms with Gasteiger partial charge in [-0.3, -0.25) is 9.48 Å². The molecule has 1 amide bonds. The van der Waals surface area contributed by atoms with Crippen LogP contribution in [0.3, 0.4) is 0 Å². The summed E-state index contributed by atoms with van der Waals surface area (Å²) in [5.41, 5.74) is -0.0401. The number of amides is 1. The molecule has 0 unspecified atom stereocenters. The molecule has 0 spiro atoms. The van der Waals surface area contributed by atoms with Gasteiger partial charge in [-0.2, -0.15) is 5.10 Å².